The molecular formula is C14H17F2N3O. The Morgan fingerprint density at radius 3 is 3.05 bits per heavy atom. The van der Waals surface area contributed by atoms with Gasteiger partial charge in [0, 0.05) is 6.04 Å². The maximum atomic E-state index is 13.7. The van der Waals surface area contributed by atoms with Crippen molar-refractivity contribution >= 4 is 11.0 Å². The van der Waals surface area contributed by atoms with Crippen LogP contribution in [-0.4, -0.2) is 35.8 Å². The van der Waals surface area contributed by atoms with Gasteiger partial charge in [0.2, 0.25) is 0 Å². The molecule has 2 heterocycles. The van der Waals surface area contributed by atoms with E-state index in [4.69, 9.17) is 4.74 Å². The van der Waals surface area contributed by atoms with Crippen LogP contribution in [0, 0.1) is 11.6 Å². The Hall–Kier alpha value is -1.53. The van der Waals surface area contributed by atoms with E-state index >= 15 is 0 Å². The van der Waals surface area contributed by atoms with Crippen LogP contribution in [0.4, 0.5) is 8.78 Å². The van der Waals surface area contributed by atoms with Gasteiger partial charge in [-0.1, -0.05) is 6.92 Å². The number of ether oxygens (including phenoxy) is 1. The molecule has 1 fully saturated rings. The summed E-state index contributed by atoms with van der Waals surface area (Å²) in [6.07, 6.45) is 1.03. The molecule has 0 aliphatic carbocycles. The Labute approximate surface area is 115 Å². The highest BCUT2D eigenvalue weighted by atomic mass is 19.2. The minimum atomic E-state index is -0.901. The fraction of sp³-hybridized carbons (Fsp3) is 0.500. The number of halogens is 2. The molecule has 0 bridgehead atoms. The van der Waals surface area contributed by atoms with Crippen molar-refractivity contribution in [1.82, 2.24) is 15.3 Å². The van der Waals surface area contributed by atoms with Crippen LogP contribution in [-0.2, 0) is 4.74 Å². The SMILES string of the molecule is CCCNC1COCC1c1nc2c(F)c(F)ccc2[nH]1. The van der Waals surface area contributed by atoms with Crippen LogP contribution in [0.1, 0.15) is 25.1 Å². The number of aromatic nitrogens is 2. The van der Waals surface area contributed by atoms with Gasteiger partial charge in [0.15, 0.2) is 11.6 Å². The van der Waals surface area contributed by atoms with Crippen molar-refractivity contribution in [2.24, 2.45) is 0 Å². The predicted octanol–water partition coefficient (Wildman–Crippen LogP) is 2.32. The molecule has 2 atom stereocenters. The average molecular weight is 281 g/mol. The van der Waals surface area contributed by atoms with Gasteiger partial charge in [0.25, 0.3) is 0 Å². The molecule has 0 amide bonds. The summed E-state index contributed by atoms with van der Waals surface area (Å²) >= 11 is 0. The molecule has 1 aliphatic heterocycles. The predicted molar refractivity (Wildman–Crippen MR) is 71.7 cm³/mol. The van der Waals surface area contributed by atoms with E-state index in [0.29, 0.717) is 24.6 Å². The minimum Gasteiger partial charge on any atom is -0.379 e. The molecule has 1 aliphatic rings. The molecule has 2 aromatic rings. The number of fused-ring (bicyclic) bond motifs is 1. The van der Waals surface area contributed by atoms with Crippen LogP contribution in [0.5, 0.6) is 0 Å². The molecule has 108 valence electrons. The fourth-order valence-corrected chi connectivity index (χ4v) is 2.57. The zero-order chi connectivity index (χ0) is 14.1. The van der Waals surface area contributed by atoms with Gasteiger partial charge < -0.3 is 15.0 Å². The lowest BCUT2D eigenvalue weighted by Crippen LogP contribution is -2.35. The first-order valence-electron chi connectivity index (χ1n) is 6.85. The largest absolute Gasteiger partial charge is 0.379 e. The highest BCUT2D eigenvalue weighted by Gasteiger charge is 2.31. The van der Waals surface area contributed by atoms with Crippen molar-refractivity contribution < 1.29 is 13.5 Å². The van der Waals surface area contributed by atoms with E-state index in [2.05, 4.69) is 22.2 Å². The van der Waals surface area contributed by atoms with Crippen molar-refractivity contribution in [2.45, 2.75) is 25.3 Å². The number of nitrogens with one attached hydrogen (secondary N) is 2. The second-order valence-corrected chi connectivity index (χ2v) is 5.08. The van der Waals surface area contributed by atoms with Crippen molar-refractivity contribution in [3.05, 3.63) is 29.6 Å². The van der Waals surface area contributed by atoms with Crippen molar-refractivity contribution in [1.29, 1.82) is 0 Å². The van der Waals surface area contributed by atoms with Gasteiger partial charge in [-0.3, -0.25) is 0 Å². The Kier molecular flexibility index (Phi) is 3.67. The number of H-pyrrole nitrogens is 1. The van der Waals surface area contributed by atoms with Gasteiger partial charge in [0.05, 0.1) is 24.6 Å². The van der Waals surface area contributed by atoms with E-state index in [1.165, 1.54) is 6.07 Å². The van der Waals surface area contributed by atoms with E-state index in [1.807, 2.05) is 0 Å². The van der Waals surface area contributed by atoms with Gasteiger partial charge >= 0.3 is 0 Å². The summed E-state index contributed by atoms with van der Waals surface area (Å²) in [6, 6.07) is 2.77. The Morgan fingerprint density at radius 1 is 1.40 bits per heavy atom. The number of imidazole rings is 1. The monoisotopic (exact) mass is 281 g/mol. The molecule has 4 nitrogen and oxygen atoms in total. The molecule has 0 saturated carbocycles. The maximum absolute atomic E-state index is 13.7. The highest BCUT2D eigenvalue weighted by Crippen LogP contribution is 2.27. The Balaban J connectivity index is 1.91. The van der Waals surface area contributed by atoms with E-state index in [9.17, 15) is 8.78 Å². The van der Waals surface area contributed by atoms with Crippen LogP contribution in [0.3, 0.4) is 0 Å². The average Bonchev–Trinajstić information content (AvgIpc) is 3.06. The van der Waals surface area contributed by atoms with Gasteiger partial charge in [0.1, 0.15) is 11.3 Å². The van der Waals surface area contributed by atoms with Crippen molar-refractivity contribution in [2.75, 3.05) is 19.8 Å². The number of benzene rings is 1. The summed E-state index contributed by atoms with van der Waals surface area (Å²) in [7, 11) is 0. The lowest BCUT2D eigenvalue weighted by atomic mass is 10.0. The first-order chi connectivity index (χ1) is 9.70. The molecule has 0 radical (unpaired) electrons. The topological polar surface area (TPSA) is 49.9 Å². The van der Waals surface area contributed by atoms with E-state index in [0.717, 1.165) is 19.0 Å². The van der Waals surface area contributed by atoms with Crippen LogP contribution in [0.25, 0.3) is 11.0 Å². The zero-order valence-corrected chi connectivity index (χ0v) is 11.2. The maximum Gasteiger partial charge on any atom is 0.186 e. The van der Waals surface area contributed by atoms with Crippen LogP contribution < -0.4 is 5.32 Å². The van der Waals surface area contributed by atoms with Crippen LogP contribution >= 0.6 is 0 Å². The van der Waals surface area contributed by atoms with Crippen molar-refractivity contribution in [3.63, 3.8) is 0 Å². The standard InChI is InChI=1S/C14H17F2N3O/c1-2-5-17-11-7-20-6-8(11)14-18-10-4-3-9(15)12(16)13(10)19-14/h3-4,8,11,17H,2,5-7H2,1H3,(H,18,19). The smallest absolute Gasteiger partial charge is 0.186 e. The third kappa shape index (κ3) is 2.29. The summed E-state index contributed by atoms with van der Waals surface area (Å²) in [6.45, 7) is 4.13. The number of aromatic amines is 1. The number of hydrogen-bond donors (Lipinski definition) is 2. The Morgan fingerprint density at radius 2 is 2.25 bits per heavy atom. The third-order valence-corrected chi connectivity index (χ3v) is 3.65. The number of rotatable bonds is 4. The quantitative estimate of drug-likeness (QED) is 0.904. The molecule has 1 aromatic heterocycles. The van der Waals surface area contributed by atoms with E-state index < -0.39 is 11.6 Å². The van der Waals surface area contributed by atoms with Crippen molar-refractivity contribution in [3.8, 4) is 0 Å². The molecule has 6 heteroatoms. The van der Waals surface area contributed by atoms with Gasteiger partial charge in [-0.05, 0) is 25.1 Å². The lowest BCUT2D eigenvalue weighted by Gasteiger charge is -2.16. The molecule has 1 aromatic carbocycles. The molecule has 1 saturated heterocycles. The van der Waals surface area contributed by atoms with Crippen LogP contribution in [0.2, 0.25) is 0 Å². The first kappa shape index (κ1) is 13.5. The molecular weight excluding hydrogens is 264 g/mol. The first-order valence-corrected chi connectivity index (χ1v) is 6.85. The number of hydrogen-bond acceptors (Lipinski definition) is 3. The molecule has 2 unspecified atom stereocenters. The van der Waals surface area contributed by atoms with E-state index in [-0.39, 0.29) is 17.5 Å². The summed E-state index contributed by atoms with van der Waals surface area (Å²) < 4.78 is 32.4. The summed E-state index contributed by atoms with van der Waals surface area (Å²) in [5.74, 6) is -1.09. The van der Waals surface area contributed by atoms with Gasteiger partial charge in [-0.2, -0.15) is 0 Å². The molecule has 3 rings (SSSR count). The minimum absolute atomic E-state index is 0.0383. The normalized spacial score (nSPS) is 22.8. The summed E-state index contributed by atoms with van der Waals surface area (Å²) in [5.41, 5.74) is 0.571. The lowest BCUT2D eigenvalue weighted by molar-refractivity contribution is 0.187. The second-order valence-electron chi connectivity index (χ2n) is 5.08. The van der Waals surface area contributed by atoms with E-state index in [1.54, 1.807) is 0 Å². The third-order valence-electron chi connectivity index (χ3n) is 3.65. The summed E-state index contributed by atoms with van der Waals surface area (Å²) in [4.78, 5) is 7.30. The molecule has 2 N–H and O–H groups in total. The molecule has 20 heavy (non-hydrogen) atoms. The zero-order valence-electron chi connectivity index (χ0n) is 11.2. The highest BCUT2D eigenvalue weighted by molar-refractivity contribution is 5.76. The van der Waals surface area contributed by atoms with Crippen LogP contribution in [0.15, 0.2) is 12.1 Å². The molecule has 0 spiro atoms. The fourth-order valence-electron chi connectivity index (χ4n) is 2.57. The Bertz CT molecular complexity index is 614. The number of nitrogens with zero attached hydrogens (tertiary/aromatic N) is 1. The van der Waals surface area contributed by atoms with Gasteiger partial charge in [-0.25, -0.2) is 13.8 Å². The van der Waals surface area contributed by atoms with Gasteiger partial charge in [-0.15, -0.1) is 0 Å². The summed E-state index contributed by atoms with van der Waals surface area (Å²) in [5, 5.41) is 3.40. The second kappa shape index (κ2) is 5.46.